The molecule has 0 aliphatic rings. The number of thioether (sulfide) groups is 1. The average Bonchev–Trinajstić information content (AvgIpc) is 3.15. The molecule has 0 spiro atoms. The van der Waals surface area contributed by atoms with Gasteiger partial charge < -0.3 is 9.15 Å². The first-order valence-electron chi connectivity index (χ1n) is 9.12. The van der Waals surface area contributed by atoms with Crippen molar-refractivity contribution in [2.45, 2.75) is 38.4 Å². The Balaban J connectivity index is 1.40. The fraction of sp³-hybridized carbons (Fsp3) is 0.238. The van der Waals surface area contributed by atoms with E-state index in [-0.39, 0.29) is 12.2 Å². The van der Waals surface area contributed by atoms with Gasteiger partial charge in [0.1, 0.15) is 11.4 Å². The van der Waals surface area contributed by atoms with Crippen molar-refractivity contribution in [3.05, 3.63) is 81.2 Å². The van der Waals surface area contributed by atoms with Crippen LogP contribution < -0.4 is 10.3 Å². The van der Waals surface area contributed by atoms with Gasteiger partial charge in [-0.05, 0) is 49.6 Å². The third-order valence-electron chi connectivity index (χ3n) is 4.35. The van der Waals surface area contributed by atoms with Gasteiger partial charge in [-0.1, -0.05) is 30.0 Å². The second-order valence-corrected chi connectivity index (χ2v) is 7.75. The molecule has 0 fully saturated rings. The number of rotatable bonds is 6. The Morgan fingerprint density at radius 1 is 1.07 bits per heavy atom. The lowest BCUT2D eigenvalue weighted by Gasteiger charge is -2.07. The number of nitrogens with zero attached hydrogens (tertiary/aromatic N) is 4. The van der Waals surface area contributed by atoms with E-state index in [2.05, 4.69) is 15.2 Å². The SMILES string of the molecule is Cc1ccc(C)c(OCc2nnc(SCc3cc(=O)n4cc(C)ccc4n3)o2)c1. The fourth-order valence-electron chi connectivity index (χ4n) is 2.83. The van der Waals surface area contributed by atoms with Gasteiger partial charge in [-0.3, -0.25) is 9.20 Å². The summed E-state index contributed by atoms with van der Waals surface area (Å²) in [7, 11) is 0. The topological polar surface area (TPSA) is 82.5 Å². The molecule has 0 atom stereocenters. The zero-order valence-corrected chi connectivity index (χ0v) is 17.2. The van der Waals surface area contributed by atoms with Crippen LogP contribution >= 0.6 is 11.8 Å². The first kappa shape index (κ1) is 19.2. The maximum Gasteiger partial charge on any atom is 0.277 e. The van der Waals surface area contributed by atoms with Crippen molar-refractivity contribution in [3.63, 3.8) is 0 Å². The minimum atomic E-state index is -0.109. The van der Waals surface area contributed by atoms with Crippen LogP contribution in [0.15, 0.2) is 57.0 Å². The van der Waals surface area contributed by atoms with Crippen molar-refractivity contribution in [1.29, 1.82) is 0 Å². The highest BCUT2D eigenvalue weighted by molar-refractivity contribution is 7.98. The number of hydrogen-bond donors (Lipinski definition) is 0. The monoisotopic (exact) mass is 408 g/mol. The zero-order valence-electron chi connectivity index (χ0n) is 16.4. The van der Waals surface area contributed by atoms with Crippen molar-refractivity contribution in [3.8, 4) is 5.75 Å². The van der Waals surface area contributed by atoms with Crippen molar-refractivity contribution >= 4 is 17.4 Å². The molecule has 3 heterocycles. The molecule has 0 saturated carbocycles. The zero-order chi connectivity index (χ0) is 20.4. The molecule has 0 aliphatic heterocycles. The Hall–Kier alpha value is -3.13. The molecule has 0 amide bonds. The molecule has 0 bridgehead atoms. The molecule has 0 aliphatic carbocycles. The predicted octanol–water partition coefficient (Wildman–Crippen LogP) is 3.87. The molecule has 0 saturated heterocycles. The Labute approximate surface area is 171 Å². The number of aromatic nitrogens is 4. The maximum absolute atomic E-state index is 12.3. The molecule has 148 valence electrons. The van der Waals surface area contributed by atoms with Crippen LogP contribution in [0, 0.1) is 20.8 Å². The molecule has 7 nitrogen and oxygen atoms in total. The molecular formula is C21H20N4O3S. The maximum atomic E-state index is 12.3. The Bertz CT molecular complexity index is 1230. The summed E-state index contributed by atoms with van der Waals surface area (Å²) in [6.07, 6.45) is 1.78. The molecule has 4 aromatic rings. The minimum Gasteiger partial charge on any atom is -0.484 e. The number of fused-ring (bicyclic) bond motifs is 1. The summed E-state index contributed by atoms with van der Waals surface area (Å²) in [5.41, 5.74) is 4.35. The Morgan fingerprint density at radius 3 is 2.76 bits per heavy atom. The highest BCUT2D eigenvalue weighted by Crippen LogP contribution is 2.23. The third-order valence-corrected chi connectivity index (χ3v) is 5.20. The van der Waals surface area contributed by atoms with Gasteiger partial charge in [0.25, 0.3) is 16.7 Å². The van der Waals surface area contributed by atoms with Crippen LogP contribution in [-0.2, 0) is 12.4 Å². The lowest BCUT2D eigenvalue weighted by Crippen LogP contribution is -2.15. The predicted molar refractivity (Wildman–Crippen MR) is 110 cm³/mol. The summed E-state index contributed by atoms with van der Waals surface area (Å²) in [4.78, 5) is 16.8. The van der Waals surface area contributed by atoms with Gasteiger partial charge in [-0.15, -0.1) is 10.2 Å². The minimum absolute atomic E-state index is 0.109. The molecule has 0 radical (unpaired) electrons. The van der Waals surface area contributed by atoms with E-state index in [4.69, 9.17) is 9.15 Å². The fourth-order valence-corrected chi connectivity index (χ4v) is 3.50. The van der Waals surface area contributed by atoms with Crippen LogP contribution in [-0.4, -0.2) is 19.6 Å². The van der Waals surface area contributed by atoms with Gasteiger partial charge in [-0.2, -0.15) is 0 Å². The van der Waals surface area contributed by atoms with E-state index in [1.165, 1.54) is 17.8 Å². The highest BCUT2D eigenvalue weighted by atomic mass is 32.2. The quantitative estimate of drug-likeness (QED) is 0.448. The van der Waals surface area contributed by atoms with Gasteiger partial charge >= 0.3 is 0 Å². The molecule has 1 aromatic carbocycles. The van der Waals surface area contributed by atoms with Crippen LogP contribution in [0.1, 0.15) is 28.3 Å². The van der Waals surface area contributed by atoms with Gasteiger partial charge in [0.05, 0.1) is 5.69 Å². The molecule has 0 N–H and O–H groups in total. The number of hydrogen-bond acceptors (Lipinski definition) is 7. The number of aryl methyl sites for hydroxylation is 3. The summed E-state index contributed by atoms with van der Waals surface area (Å²) >= 11 is 1.34. The van der Waals surface area contributed by atoms with Crippen LogP contribution in [0.4, 0.5) is 0 Å². The van der Waals surface area contributed by atoms with E-state index in [1.54, 1.807) is 10.6 Å². The standard InChI is InChI=1S/C21H20N4O3S/c1-13-4-6-15(3)17(8-13)27-11-19-23-24-21(28-19)29-12-16-9-20(26)25-10-14(2)5-7-18(25)22-16/h4-10H,11-12H2,1-3H3. The van der Waals surface area contributed by atoms with E-state index < -0.39 is 0 Å². The van der Waals surface area contributed by atoms with Crippen molar-refractivity contribution in [1.82, 2.24) is 19.6 Å². The molecule has 0 unspecified atom stereocenters. The Kier molecular flexibility index (Phi) is 5.35. The highest BCUT2D eigenvalue weighted by Gasteiger charge is 2.10. The summed E-state index contributed by atoms with van der Waals surface area (Å²) in [5, 5.41) is 8.47. The molecular weight excluding hydrogens is 388 g/mol. The molecule has 8 heteroatoms. The van der Waals surface area contributed by atoms with Gasteiger partial charge in [-0.25, -0.2) is 4.98 Å². The molecule has 3 aromatic heterocycles. The van der Waals surface area contributed by atoms with Crippen molar-refractivity contribution in [2.75, 3.05) is 0 Å². The number of pyridine rings is 1. The van der Waals surface area contributed by atoms with Gasteiger partial charge in [0, 0.05) is 18.0 Å². The van der Waals surface area contributed by atoms with Gasteiger partial charge in [0.15, 0.2) is 6.61 Å². The third kappa shape index (κ3) is 4.48. The van der Waals surface area contributed by atoms with E-state index in [0.717, 1.165) is 22.4 Å². The second kappa shape index (κ2) is 8.08. The second-order valence-electron chi connectivity index (χ2n) is 6.83. The summed E-state index contributed by atoms with van der Waals surface area (Å²) in [6.45, 7) is 6.14. The summed E-state index contributed by atoms with van der Waals surface area (Å²) in [6, 6.07) is 11.3. The van der Waals surface area contributed by atoms with E-state index >= 15 is 0 Å². The van der Waals surface area contributed by atoms with Gasteiger partial charge in [0.2, 0.25) is 0 Å². The average molecular weight is 408 g/mol. The van der Waals surface area contributed by atoms with E-state index in [9.17, 15) is 4.79 Å². The lowest BCUT2D eigenvalue weighted by molar-refractivity contribution is 0.250. The summed E-state index contributed by atoms with van der Waals surface area (Å²) < 4.78 is 13.0. The first-order valence-corrected chi connectivity index (χ1v) is 10.1. The van der Waals surface area contributed by atoms with Crippen molar-refractivity contribution in [2.24, 2.45) is 0 Å². The van der Waals surface area contributed by atoms with Crippen molar-refractivity contribution < 1.29 is 9.15 Å². The lowest BCUT2D eigenvalue weighted by atomic mass is 10.1. The number of ether oxygens (including phenoxy) is 1. The van der Waals surface area contributed by atoms with Crippen LogP contribution in [0.3, 0.4) is 0 Å². The smallest absolute Gasteiger partial charge is 0.277 e. The molecule has 29 heavy (non-hydrogen) atoms. The summed E-state index contributed by atoms with van der Waals surface area (Å²) in [5.74, 6) is 1.66. The first-order chi connectivity index (χ1) is 14.0. The van der Waals surface area contributed by atoms with E-state index in [1.807, 2.05) is 51.1 Å². The van der Waals surface area contributed by atoms with Crippen LogP contribution in [0.2, 0.25) is 0 Å². The van der Waals surface area contributed by atoms with Crippen LogP contribution in [0.25, 0.3) is 5.65 Å². The van der Waals surface area contributed by atoms with E-state index in [0.29, 0.717) is 28.2 Å². The van der Waals surface area contributed by atoms with Crippen LogP contribution in [0.5, 0.6) is 5.75 Å². The largest absolute Gasteiger partial charge is 0.484 e. The Morgan fingerprint density at radius 2 is 1.90 bits per heavy atom. The molecule has 4 rings (SSSR count). The number of benzene rings is 1. The normalized spacial score (nSPS) is 11.1.